The van der Waals surface area contributed by atoms with Crippen LogP contribution < -0.4 is 0 Å². The van der Waals surface area contributed by atoms with Gasteiger partial charge in [-0.25, -0.2) is 0 Å². The lowest BCUT2D eigenvalue weighted by molar-refractivity contribution is -0.125. The Balaban J connectivity index is 2.02. The highest BCUT2D eigenvalue weighted by Gasteiger charge is 2.60. The van der Waals surface area contributed by atoms with E-state index >= 15 is 0 Å². The summed E-state index contributed by atoms with van der Waals surface area (Å²) in [7, 11) is 0. The van der Waals surface area contributed by atoms with Gasteiger partial charge in [-0.15, -0.1) is 0 Å². The summed E-state index contributed by atoms with van der Waals surface area (Å²) < 4.78 is 0. The zero-order valence-corrected chi connectivity index (χ0v) is 12.5. The van der Waals surface area contributed by atoms with Crippen LogP contribution in [0.2, 0.25) is 0 Å². The van der Waals surface area contributed by atoms with Crippen LogP contribution in [0.1, 0.15) is 50.4 Å². The number of carbonyl (C=O) groups is 2. The van der Waals surface area contributed by atoms with Gasteiger partial charge in [0.1, 0.15) is 5.78 Å². The normalized spacial score (nSPS) is 35.0. The molecule has 3 atom stereocenters. The van der Waals surface area contributed by atoms with Crippen molar-refractivity contribution in [3.8, 4) is 0 Å². The SMILES string of the molecule is CC1(C)CC2(C)CC(=O)CC1[C@@H]2C(=O)c1ccccc1. The average molecular weight is 270 g/mol. The zero-order chi connectivity index (χ0) is 14.5. The molecule has 0 saturated heterocycles. The molecule has 0 radical (unpaired) electrons. The molecule has 0 spiro atoms. The van der Waals surface area contributed by atoms with E-state index in [1.807, 2.05) is 30.3 Å². The Hall–Kier alpha value is -1.44. The first-order chi connectivity index (χ1) is 9.33. The van der Waals surface area contributed by atoms with E-state index in [-0.39, 0.29) is 28.4 Å². The van der Waals surface area contributed by atoms with Gasteiger partial charge < -0.3 is 0 Å². The summed E-state index contributed by atoms with van der Waals surface area (Å²) in [6.07, 6.45) is 2.11. The molecule has 2 heteroatoms. The van der Waals surface area contributed by atoms with Crippen molar-refractivity contribution in [2.45, 2.75) is 40.0 Å². The van der Waals surface area contributed by atoms with Gasteiger partial charge in [0.2, 0.25) is 0 Å². The van der Waals surface area contributed by atoms with E-state index in [0.29, 0.717) is 18.6 Å². The molecule has 2 aliphatic carbocycles. The molecule has 0 N–H and O–H groups in total. The molecule has 1 aromatic rings. The second-order valence-corrected chi connectivity index (χ2v) is 7.55. The van der Waals surface area contributed by atoms with Crippen molar-refractivity contribution in [1.29, 1.82) is 0 Å². The molecule has 0 heterocycles. The second kappa shape index (κ2) is 4.28. The van der Waals surface area contributed by atoms with Gasteiger partial charge in [-0.2, -0.15) is 0 Å². The summed E-state index contributed by atoms with van der Waals surface area (Å²) in [5.41, 5.74) is 0.715. The number of hydrogen-bond donors (Lipinski definition) is 0. The van der Waals surface area contributed by atoms with Gasteiger partial charge in [0.05, 0.1) is 0 Å². The van der Waals surface area contributed by atoms with Gasteiger partial charge in [-0.3, -0.25) is 9.59 Å². The van der Waals surface area contributed by atoms with E-state index in [1.165, 1.54) is 0 Å². The molecule has 2 fully saturated rings. The summed E-state index contributed by atoms with van der Waals surface area (Å²) in [5.74, 6) is 0.760. The molecule has 20 heavy (non-hydrogen) atoms. The third kappa shape index (κ3) is 1.93. The maximum Gasteiger partial charge on any atom is 0.166 e. The number of ketones is 2. The molecule has 2 unspecified atom stereocenters. The Morgan fingerprint density at radius 2 is 1.80 bits per heavy atom. The molecule has 0 aliphatic heterocycles. The van der Waals surface area contributed by atoms with Crippen molar-refractivity contribution < 1.29 is 9.59 Å². The van der Waals surface area contributed by atoms with Crippen LogP contribution in [0.4, 0.5) is 0 Å². The Kier molecular flexibility index (Phi) is 2.89. The average Bonchev–Trinajstić information content (AvgIpc) is 2.49. The van der Waals surface area contributed by atoms with Crippen LogP contribution in [-0.4, -0.2) is 11.6 Å². The minimum atomic E-state index is -0.156. The molecule has 3 rings (SSSR count). The summed E-state index contributed by atoms with van der Waals surface area (Å²) in [5, 5.41) is 0. The molecular weight excluding hydrogens is 248 g/mol. The number of benzene rings is 1. The van der Waals surface area contributed by atoms with Gasteiger partial charge in [0, 0.05) is 24.3 Å². The first-order valence-electron chi connectivity index (χ1n) is 7.44. The monoisotopic (exact) mass is 270 g/mol. The summed E-state index contributed by atoms with van der Waals surface area (Å²) >= 11 is 0. The fourth-order valence-electron chi connectivity index (χ4n) is 4.83. The second-order valence-electron chi connectivity index (χ2n) is 7.55. The van der Waals surface area contributed by atoms with Gasteiger partial charge in [-0.1, -0.05) is 51.1 Å². The molecule has 2 saturated carbocycles. The molecule has 0 aromatic heterocycles. The van der Waals surface area contributed by atoms with Crippen LogP contribution in [0.15, 0.2) is 30.3 Å². The van der Waals surface area contributed by atoms with Crippen molar-refractivity contribution >= 4 is 11.6 Å². The molecule has 1 aromatic carbocycles. The van der Waals surface area contributed by atoms with Gasteiger partial charge in [0.15, 0.2) is 5.78 Å². The fraction of sp³-hybridized carbons (Fsp3) is 0.556. The van der Waals surface area contributed by atoms with Crippen LogP contribution >= 0.6 is 0 Å². The number of rotatable bonds is 2. The minimum Gasteiger partial charge on any atom is -0.300 e. The quantitative estimate of drug-likeness (QED) is 0.764. The van der Waals surface area contributed by atoms with Gasteiger partial charge >= 0.3 is 0 Å². The van der Waals surface area contributed by atoms with Crippen LogP contribution in [0, 0.1) is 22.7 Å². The van der Waals surface area contributed by atoms with E-state index in [0.717, 1.165) is 12.0 Å². The van der Waals surface area contributed by atoms with E-state index in [9.17, 15) is 9.59 Å². The Labute approximate surface area is 120 Å². The van der Waals surface area contributed by atoms with E-state index in [2.05, 4.69) is 20.8 Å². The Morgan fingerprint density at radius 1 is 1.15 bits per heavy atom. The van der Waals surface area contributed by atoms with E-state index < -0.39 is 0 Å². The highest BCUT2D eigenvalue weighted by molar-refractivity contribution is 6.00. The molecule has 2 aliphatic rings. The predicted octanol–water partition coefficient (Wildman–Crippen LogP) is 3.90. The first kappa shape index (κ1) is 13.5. The van der Waals surface area contributed by atoms with Crippen LogP contribution in [-0.2, 0) is 4.79 Å². The highest BCUT2D eigenvalue weighted by Crippen LogP contribution is 2.63. The Bertz CT molecular complexity index is 558. The largest absolute Gasteiger partial charge is 0.300 e. The topological polar surface area (TPSA) is 34.1 Å². The maximum atomic E-state index is 12.9. The predicted molar refractivity (Wildman–Crippen MR) is 78.5 cm³/mol. The smallest absolute Gasteiger partial charge is 0.166 e. The minimum absolute atomic E-state index is 0.00222. The van der Waals surface area contributed by atoms with Crippen molar-refractivity contribution in [1.82, 2.24) is 0 Å². The van der Waals surface area contributed by atoms with Crippen LogP contribution in [0.5, 0.6) is 0 Å². The third-order valence-electron chi connectivity index (χ3n) is 5.41. The number of fused-ring (bicyclic) bond motifs is 2. The third-order valence-corrected chi connectivity index (χ3v) is 5.41. The van der Waals surface area contributed by atoms with Gasteiger partial charge in [0.25, 0.3) is 0 Å². The van der Waals surface area contributed by atoms with E-state index in [1.54, 1.807) is 0 Å². The summed E-state index contributed by atoms with van der Waals surface area (Å²) in [6, 6.07) is 9.55. The van der Waals surface area contributed by atoms with Crippen molar-refractivity contribution in [2.24, 2.45) is 22.7 Å². The zero-order valence-electron chi connectivity index (χ0n) is 12.5. The van der Waals surface area contributed by atoms with Crippen molar-refractivity contribution in [3.63, 3.8) is 0 Å². The summed E-state index contributed by atoms with van der Waals surface area (Å²) in [6.45, 7) is 6.57. The number of hydrogen-bond acceptors (Lipinski definition) is 2. The van der Waals surface area contributed by atoms with Gasteiger partial charge in [-0.05, 0) is 23.2 Å². The Morgan fingerprint density at radius 3 is 2.40 bits per heavy atom. The standard InChI is InChI=1S/C18H22O2/c1-17(2)11-18(3)10-13(19)9-14(17)15(18)16(20)12-7-5-4-6-8-12/h4-8,14-15H,9-11H2,1-3H3/t14?,15-,18?/m1/s1. The lowest BCUT2D eigenvalue weighted by Crippen LogP contribution is -2.40. The molecular formula is C18H22O2. The van der Waals surface area contributed by atoms with Crippen LogP contribution in [0.25, 0.3) is 0 Å². The molecule has 2 nitrogen and oxygen atoms in total. The van der Waals surface area contributed by atoms with E-state index in [4.69, 9.17) is 0 Å². The van der Waals surface area contributed by atoms with Crippen molar-refractivity contribution in [3.05, 3.63) is 35.9 Å². The highest BCUT2D eigenvalue weighted by atomic mass is 16.1. The summed E-state index contributed by atoms with van der Waals surface area (Å²) in [4.78, 5) is 25.0. The van der Waals surface area contributed by atoms with Crippen LogP contribution in [0.3, 0.4) is 0 Å². The van der Waals surface area contributed by atoms with Crippen molar-refractivity contribution in [2.75, 3.05) is 0 Å². The molecule has 106 valence electrons. The maximum absolute atomic E-state index is 12.9. The number of carbonyl (C=O) groups excluding carboxylic acids is 2. The fourth-order valence-corrected chi connectivity index (χ4v) is 4.83. The number of Topliss-reactive ketones (excluding diaryl/α,β-unsaturated/α-hetero) is 2. The first-order valence-corrected chi connectivity index (χ1v) is 7.44. The lowest BCUT2D eigenvalue weighted by Gasteiger charge is -2.37. The molecule has 2 bridgehead atoms. The lowest BCUT2D eigenvalue weighted by atomic mass is 9.64. The molecule has 0 amide bonds.